The molecule has 0 aliphatic carbocycles. The molecule has 3 aromatic rings. The first-order valence-electron chi connectivity index (χ1n) is 5.79. The minimum atomic E-state index is -0.160. The number of rotatable bonds is 0. The van der Waals surface area contributed by atoms with Crippen LogP contribution < -0.4 is 5.43 Å². The quantitative estimate of drug-likeness (QED) is 0.526. The summed E-state index contributed by atoms with van der Waals surface area (Å²) in [4.78, 5) is 11.8. The van der Waals surface area contributed by atoms with Crippen LogP contribution in [-0.4, -0.2) is 0 Å². The van der Waals surface area contributed by atoms with Crippen molar-refractivity contribution in [1.29, 1.82) is 0 Å². The summed E-state index contributed by atoms with van der Waals surface area (Å²) < 4.78 is 12.6. The molecular formula is C15H8Br2O3. The van der Waals surface area contributed by atoms with E-state index in [0.717, 1.165) is 4.47 Å². The first-order chi connectivity index (χ1) is 9.61. The summed E-state index contributed by atoms with van der Waals surface area (Å²) in [5.41, 5.74) is 2.39. The van der Waals surface area contributed by atoms with Crippen LogP contribution in [0.2, 0.25) is 0 Å². The molecule has 0 aliphatic heterocycles. The third-order valence-electron chi connectivity index (χ3n) is 2.66. The van der Waals surface area contributed by atoms with Crippen molar-refractivity contribution >= 4 is 54.2 Å². The molecule has 0 aromatic carbocycles. The molecule has 3 nitrogen and oxygen atoms in total. The predicted molar refractivity (Wildman–Crippen MR) is 85.3 cm³/mol. The Kier molecular flexibility index (Phi) is 3.63. The summed E-state index contributed by atoms with van der Waals surface area (Å²) in [6.07, 6.45) is 0. The highest BCUT2D eigenvalue weighted by molar-refractivity contribution is 9.11. The van der Waals surface area contributed by atoms with E-state index in [2.05, 4.69) is 31.9 Å². The maximum Gasteiger partial charge on any atom is 0.180 e. The number of fused-ring (bicyclic) bond motifs is 4. The summed E-state index contributed by atoms with van der Waals surface area (Å²) in [7, 11) is 0. The van der Waals surface area contributed by atoms with Crippen molar-refractivity contribution in [3.63, 3.8) is 0 Å². The van der Waals surface area contributed by atoms with E-state index in [4.69, 9.17) is 8.83 Å². The Morgan fingerprint density at radius 3 is 1.95 bits per heavy atom. The normalized spacial score (nSPS) is 10.7. The summed E-state index contributed by atoms with van der Waals surface area (Å²) in [5, 5.41) is 0. The van der Waals surface area contributed by atoms with Gasteiger partial charge in [0, 0.05) is 6.07 Å². The highest BCUT2D eigenvalue weighted by Gasteiger charge is 2.03. The summed E-state index contributed by atoms with van der Waals surface area (Å²) in [6, 6.07) is 13.6. The molecule has 3 heterocycles. The van der Waals surface area contributed by atoms with E-state index in [-0.39, 0.29) is 5.43 Å². The zero-order valence-electron chi connectivity index (χ0n) is 10.1. The van der Waals surface area contributed by atoms with Crippen molar-refractivity contribution in [2.75, 3.05) is 0 Å². The van der Waals surface area contributed by atoms with Gasteiger partial charge in [-0.25, -0.2) is 0 Å². The molecule has 5 heteroatoms. The lowest BCUT2D eigenvalue weighted by atomic mass is 10.4. The molecule has 20 heavy (non-hydrogen) atoms. The lowest BCUT2D eigenvalue weighted by molar-refractivity contribution is 0.659. The molecule has 0 spiro atoms. The smallest absolute Gasteiger partial charge is 0.180 e. The summed E-state index contributed by atoms with van der Waals surface area (Å²) in [5.74, 6) is 0. The second kappa shape index (κ2) is 5.42. The minimum absolute atomic E-state index is 0.160. The van der Waals surface area contributed by atoms with Crippen LogP contribution in [0.4, 0.5) is 0 Å². The van der Waals surface area contributed by atoms with E-state index in [1.807, 2.05) is 18.2 Å². The third kappa shape index (κ3) is 2.78. The summed E-state index contributed by atoms with van der Waals surface area (Å²) >= 11 is 6.76. The van der Waals surface area contributed by atoms with Crippen LogP contribution in [-0.2, 0) is 0 Å². The van der Waals surface area contributed by atoms with Crippen molar-refractivity contribution in [2.45, 2.75) is 0 Å². The fourth-order valence-corrected chi connectivity index (χ4v) is 3.05. The second-order valence-electron chi connectivity index (χ2n) is 4.13. The fourth-order valence-electron chi connectivity index (χ4n) is 1.75. The predicted octanol–water partition coefficient (Wildman–Crippen LogP) is 5.19. The first kappa shape index (κ1) is 13.4. The lowest BCUT2D eigenvalue weighted by Crippen LogP contribution is -1.90. The average Bonchev–Trinajstić information content (AvgIpc) is 3.00. The van der Waals surface area contributed by atoms with Crippen LogP contribution in [0.25, 0.3) is 22.3 Å². The van der Waals surface area contributed by atoms with Crippen molar-refractivity contribution in [3.05, 3.63) is 67.7 Å². The van der Waals surface area contributed by atoms with Crippen molar-refractivity contribution in [1.82, 2.24) is 0 Å². The van der Waals surface area contributed by atoms with Crippen LogP contribution in [0, 0.1) is 0 Å². The van der Waals surface area contributed by atoms with Crippen molar-refractivity contribution in [2.24, 2.45) is 0 Å². The highest BCUT2D eigenvalue weighted by atomic mass is 79.9. The SMILES string of the molecule is O=c1ccc2ccc(ccc3cc(Br)c(o3)c(Br)c1)o2. The Morgan fingerprint density at radius 2 is 1.25 bits per heavy atom. The zero-order chi connectivity index (χ0) is 14.1. The molecule has 0 saturated heterocycles. The molecule has 0 aliphatic rings. The van der Waals surface area contributed by atoms with Gasteiger partial charge < -0.3 is 8.83 Å². The Morgan fingerprint density at radius 1 is 0.700 bits per heavy atom. The molecule has 100 valence electrons. The van der Waals surface area contributed by atoms with Crippen molar-refractivity contribution < 1.29 is 8.83 Å². The third-order valence-corrected chi connectivity index (χ3v) is 3.84. The number of halogens is 2. The van der Waals surface area contributed by atoms with Gasteiger partial charge in [-0.05, 0) is 74.3 Å². The van der Waals surface area contributed by atoms with Gasteiger partial charge in [-0.3, -0.25) is 4.79 Å². The topological polar surface area (TPSA) is 43.4 Å². The van der Waals surface area contributed by atoms with Gasteiger partial charge in [-0.1, -0.05) is 0 Å². The van der Waals surface area contributed by atoms with Gasteiger partial charge in [-0.15, -0.1) is 0 Å². The zero-order valence-corrected chi connectivity index (χ0v) is 13.3. The monoisotopic (exact) mass is 394 g/mol. The molecule has 0 radical (unpaired) electrons. The molecule has 0 fully saturated rings. The van der Waals surface area contributed by atoms with Gasteiger partial charge in [-0.2, -0.15) is 0 Å². The van der Waals surface area contributed by atoms with Crippen LogP contribution in [0.1, 0.15) is 0 Å². The maximum absolute atomic E-state index is 11.8. The maximum atomic E-state index is 11.8. The van der Waals surface area contributed by atoms with Crippen LogP contribution in [0.5, 0.6) is 0 Å². The van der Waals surface area contributed by atoms with E-state index in [9.17, 15) is 4.79 Å². The molecule has 0 atom stereocenters. The molecular weight excluding hydrogens is 388 g/mol. The van der Waals surface area contributed by atoms with Gasteiger partial charge in [0.2, 0.25) is 0 Å². The molecule has 3 rings (SSSR count). The van der Waals surface area contributed by atoms with Gasteiger partial charge in [0.15, 0.2) is 11.0 Å². The first-order valence-corrected chi connectivity index (χ1v) is 7.37. The van der Waals surface area contributed by atoms with Gasteiger partial charge in [0.05, 0.1) is 8.95 Å². The molecule has 0 amide bonds. The summed E-state index contributed by atoms with van der Waals surface area (Å²) in [6.45, 7) is 0. The highest BCUT2D eigenvalue weighted by Crippen LogP contribution is 2.28. The number of hydrogen-bond donors (Lipinski definition) is 0. The largest absolute Gasteiger partial charge is 0.457 e. The van der Waals surface area contributed by atoms with E-state index in [1.54, 1.807) is 18.2 Å². The Bertz CT molecular complexity index is 908. The van der Waals surface area contributed by atoms with Gasteiger partial charge in [0.1, 0.15) is 16.7 Å². The van der Waals surface area contributed by atoms with E-state index in [0.29, 0.717) is 26.8 Å². The van der Waals surface area contributed by atoms with Crippen LogP contribution >= 0.6 is 31.9 Å². The van der Waals surface area contributed by atoms with Crippen molar-refractivity contribution in [3.8, 4) is 0 Å². The van der Waals surface area contributed by atoms with Gasteiger partial charge in [0.25, 0.3) is 0 Å². The van der Waals surface area contributed by atoms with Gasteiger partial charge >= 0.3 is 0 Å². The molecule has 4 bridgehead atoms. The Balaban J connectivity index is 2.46. The van der Waals surface area contributed by atoms with Crippen LogP contribution in [0.15, 0.2) is 71.1 Å². The van der Waals surface area contributed by atoms with E-state index in [1.165, 1.54) is 12.1 Å². The molecule has 0 N–H and O–H groups in total. The van der Waals surface area contributed by atoms with E-state index < -0.39 is 0 Å². The van der Waals surface area contributed by atoms with Crippen LogP contribution in [0.3, 0.4) is 0 Å². The Labute approximate surface area is 130 Å². The van der Waals surface area contributed by atoms with E-state index >= 15 is 0 Å². The molecule has 0 unspecified atom stereocenters. The standard InChI is InChI=1S/C15H8Br2O3/c16-13-7-9(18)1-2-10-3-4-11(19-10)5-6-12-8-14(17)15(13)20-12/h1-8H. The average molecular weight is 396 g/mol. The lowest BCUT2D eigenvalue weighted by Gasteiger charge is -1.85. The molecule has 3 aromatic heterocycles. The number of furan rings is 2. The Hall–Kier alpha value is -1.59. The second-order valence-corrected chi connectivity index (χ2v) is 5.84. The minimum Gasteiger partial charge on any atom is -0.457 e. The number of hydrogen-bond acceptors (Lipinski definition) is 3. The molecule has 0 saturated carbocycles. The fraction of sp³-hybridized carbons (Fsp3) is 0.